The molecule has 0 aromatic heterocycles. The molecule has 44 valence electrons. The lowest BCUT2D eigenvalue weighted by atomic mass is 10.7. The molecule has 1 N–H and O–H groups in total. The van der Waals surface area contributed by atoms with Gasteiger partial charge in [-0.3, -0.25) is 0 Å². The number of hydrogen-bond acceptors (Lipinski definition) is 3. The summed E-state index contributed by atoms with van der Waals surface area (Å²) in [5.41, 5.74) is 0. The zero-order chi connectivity index (χ0) is 5.86. The standard InChI is InChI=1S/C4H11NO2/c1-4(6)5(2)7-3/h4,6H,1-3H3. The van der Waals surface area contributed by atoms with E-state index in [1.165, 1.54) is 12.2 Å². The largest absolute Gasteiger partial charge is 0.377 e. The average molecular weight is 105 g/mol. The molecule has 0 aliphatic heterocycles. The summed E-state index contributed by atoms with van der Waals surface area (Å²) in [7, 11) is 3.16. The van der Waals surface area contributed by atoms with E-state index in [1.807, 2.05) is 0 Å². The van der Waals surface area contributed by atoms with Crippen molar-refractivity contribution in [1.29, 1.82) is 0 Å². The summed E-state index contributed by atoms with van der Waals surface area (Å²) in [6, 6.07) is 0. The number of aliphatic hydroxyl groups excluding tert-OH is 1. The zero-order valence-corrected chi connectivity index (χ0v) is 4.88. The predicted molar refractivity (Wildman–Crippen MR) is 26.5 cm³/mol. The normalized spacial score (nSPS) is 15.0. The maximum atomic E-state index is 8.62. The highest BCUT2D eigenvalue weighted by atomic mass is 16.7. The molecule has 0 heterocycles. The first-order valence-corrected chi connectivity index (χ1v) is 2.13. The smallest absolute Gasteiger partial charge is 0.126 e. The second kappa shape index (κ2) is 2.96. The van der Waals surface area contributed by atoms with Gasteiger partial charge < -0.3 is 9.94 Å². The van der Waals surface area contributed by atoms with E-state index in [-0.39, 0.29) is 0 Å². The van der Waals surface area contributed by atoms with Gasteiger partial charge in [-0.25, -0.2) is 0 Å². The predicted octanol–water partition coefficient (Wildman–Crippen LogP) is -0.182. The van der Waals surface area contributed by atoms with Crippen molar-refractivity contribution in [2.45, 2.75) is 13.2 Å². The minimum atomic E-state index is -0.523. The molecule has 0 radical (unpaired) electrons. The summed E-state index contributed by atoms with van der Waals surface area (Å²) in [6.07, 6.45) is -0.523. The molecule has 3 nitrogen and oxygen atoms in total. The quantitative estimate of drug-likeness (QED) is 0.390. The molecule has 0 aliphatic rings. The van der Waals surface area contributed by atoms with Gasteiger partial charge in [0.2, 0.25) is 0 Å². The first kappa shape index (κ1) is 6.88. The Morgan fingerprint density at radius 2 is 2.14 bits per heavy atom. The van der Waals surface area contributed by atoms with E-state index < -0.39 is 6.23 Å². The van der Waals surface area contributed by atoms with Gasteiger partial charge >= 0.3 is 0 Å². The third kappa shape index (κ3) is 2.56. The number of hydrogen-bond donors (Lipinski definition) is 1. The van der Waals surface area contributed by atoms with Gasteiger partial charge in [0.15, 0.2) is 0 Å². The molecule has 7 heavy (non-hydrogen) atoms. The number of aliphatic hydroxyl groups is 1. The van der Waals surface area contributed by atoms with Crippen molar-refractivity contribution in [2.75, 3.05) is 14.2 Å². The Morgan fingerprint density at radius 1 is 1.71 bits per heavy atom. The lowest BCUT2D eigenvalue weighted by Crippen LogP contribution is -2.26. The molecule has 0 amide bonds. The van der Waals surface area contributed by atoms with Gasteiger partial charge in [0.05, 0.1) is 7.11 Å². The van der Waals surface area contributed by atoms with Crippen molar-refractivity contribution in [3.8, 4) is 0 Å². The van der Waals surface area contributed by atoms with Crippen LogP contribution in [-0.4, -0.2) is 30.6 Å². The van der Waals surface area contributed by atoms with E-state index in [2.05, 4.69) is 4.84 Å². The lowest BCUT2D eigenvalue weighted by molar-refractivity contribution is -0.195. The Kier molecular flexibility index (Phi) is 2.91. The van der Waals surface area contributed by atoms with Crippen LogP contribution in [0, 0.1) is 0 Å². The van der Waals surface area contributed by atoms with Crippen LogP contribution < -0.4 is 0 Å². The van der Waals surface area contributed by atoms with Crippen LogP contribution in [0.4, 0.5) is 0 Å². The number of rotatable bonds is 2. The van der Waals surface area contributed by atoms with Gasteiger partial charge in [-0.2, -0.15) is 5.06 Å². The summed E-state index contributed by atoms with van der Waals surface area (Å²) >= 11 is 0. The lowest BCUT2D eigenvalue weighted by Gasteiger charge is -2.15. The van der Waals surface area contributed by atoms with Crippen LogP contribution in [0.3, 0.4) is 0 Å². The van der Waals surface area contributed by atoms with Crippen LogP contribution in [0.1, 0.15) is 6.92 Å². The fraction of sp³-hybridized carbons (Fsp3) is 1.00. The van der Waals surface area contributed by atoms with Crippen molar-refractivity contribution in [3.05, 3.63) is 0 Å². The topological polar surface area (TPSA) is 32.7 Å². The monoisotopic (exact) mass is 105 g/mol. The van der Waals surface area contributed by atoms with Crippen LogP contribution >= 0.6 is 0 Å². The molecule has 0 aliphatic carbocycles. The van der Waals surface area contributed by atoms with Crippen LogP contribution in [-0.2, 0) is 4.84 Å². The van der Waals surface area contributed by atoms with Crippen molar-refractivity contribution in [3.63, 3.8) is 0 Å². The van der Waals surface area contributed by atoms with Gasteiger partial charge in [0.1, 0.15) is 6.23 Å². The molecular weight excluding hydrogens is 94.0 g/mol. The first-order valence-electron chi connectivity index (χ1n) is 2.13. The van der Waals surface area contributed by atoms with E-state index in [0.29, 0.717) is 0 Å². The molecule has 1 unspecified atom stereocenters. The van der Waals surface area contributed by atoms with Crippen molar-refractivity contribution < 1.29 is 9.94 Å². The Bertz CT molecular complexity index is 47.0. The van der Waals surface area contributed by atoms with E-state index in [1.54, 1.807) is 14.0 Å². The minimum absolute atomic E-state index is 0.523. The first-order chi connectivity index (χ1) is 3.18. The van der Waals surface area contributed by atoms with Crippen LogP contribution in [0.5, 0.6) is 0 Å². The van der Waals surface area contributed by atoms with Crippen LogP contribution in [0.15, 0.2) is 0 Å². The maximum absolute atomic E-state index is 8.62. The highest BCUT2D eigenvalue weighted by Crippen LogP contribution is 1.86. The SMILES string of the molecule is CON(C)C(C)O. The molecule has 0 rings (SSSR count). The number of hydroxylamine groups is 2. The Balaban J connectivity index is 3.14. The van der Waals surface area contributed by atoms with Gasteiger partial charge in [0.25, 0.3) is 0 Å². The molecular formula is C4H11NO2. The van der Waals surface area contributed by atoms with E-state index in [0.717, 1.165) is 0 Å². The Labute approximate surface area is 43.5 Å². The third-order valence-corrected chi connectivity index (χ3v) is 0.814. The highest BCUT2D eigenvalue weighted by Gasteiger charge is 1.99. The van der Waals surface area contributed by atoms with Crippen molar-refractivity contribution >= 4 is 0 Å². The van der Waals surface area contributed by atoms with E-state index in [9.17, 15) is 0 Å². The highest BCUT2D eigenvalue weighted by molar-refractivity contribution is 4.29. The summed E-state index contributed by atoms with van der Waals surface area (Å²) in [5, 5.41) is 9.97. The van der Waals surface area contributed by atoms with Gasteiger partial charge in [-0.15, -0.1) is 0 Å². The number of nitrogens with zero attached hydrogens (tertiary/aromatic N) is 1. The summed E-state index contributed by atoms with van der Waals surface area (Å²) in [6.45, 7) is 1.63. The summed E-state index contributed by atoms with van der Waals surface area (Å²) in [4.78, 5) is 4.59. The van der Waals surface area contributed by atoms with Crippen LogP contribution in [0.2, 0.25) is 0 Å². The molecule has 3 heteroatoms. The van der Waals surface area contributed by atoms with Crippen molar-refractivity contribution in [2.24, 2.45) is 0 Å². The molecule has 0 saturated heterocycles. The second-order valence-electron chi connectivity index (χ2n) is 1.36. The molecule has 1 atom stereocenters. The van der Waals surface area contributed by atoms with E-state index in [4.69, 9.17) is 5.11 Å². The zero-order valence-electron chi connectivity index (χ0n) is 4.88. The van der Waals surface area contributed by atoms with Gasteiger partial charge in [-0.1, -0.05) is 0 Å². The molecule has 0 saturated carbocycles. The van der Waals surface area contributed by atoms with Crippen LogP contribution in [0.25, 0.3) is 0 Å². The van der Waals surface area contributed by atoms with Crippen molar-refractivity contribution in [1.82, 2.24) is 5.06 Å². The fourth-order valence-corrected chi connectivity index (χ4v) is 0.153. The van der Waals surface area contributed by atoms with E-state index >= 15 is 0 Å². The summed E-state index contributed by atoms with van der Waals surface area (Å²) < 4.78 is 0. The third-order valence-electron chi connectivity index (χ3n) is 0.814. The fourth-order valence-electron chi connectivity index (χ4n) is 0.153. The van der Waals surface area contributed by atoms with Gasteiger partial charge in [-0.05, 0) is 6.92 Å². The Morgan fingerprint density at radius 3 is 2.14 bits per heavy atom. The molecule has 0 spiro atoms. The molecule has 0 fully saturated rings. The molecule has 0 aromatic carbocycles. The Hall–Kier alpha value is -0.120. The maximum Gasteiger partial charge on any atom is 0.126 e. The summed E-state index contributed by atoms with van der Waals surface area (Å²) in [5.74, 6) is 0. The second-order valence-corrected chi connectivity index (χ2v) is 1.36. The minimum Gasteiger partial charge on any atom is -0.377 e. The molecule has 0 bridgehead atoms. The average Bonchev–Trinajstić information content (AvgIpc) is 1.65. The van der Waals surface area contributed by atoms with Gasteiger partial charge in [0, 0.05) is 7.05 Å². The molecule has 0 aromatic rings.